The lowest BCUT2D eigenvalue weighted by Gasteiger charge is -2.09. The number of ether oxygens (including phenoxy) is 2. The Bertz CT molecular complexity index is 425. The van der Waals surface area contributed by atoms with Gasteiger partial charge < -0.3 is 14.6 Å². The number of rotatable bonds is 4. The zero-order valence-corrected chi connectivity index (χ0v) is 10.4. The molecule has 0 spiro atoms. The second kappa shape index (κ2) is 7.17. The average molecular weight is 246 g/mol. The van der Waals surface area contributed by atoms with E-state index in [1.54, 1.807) is 0 Å². The number of benzene rings is 1. The summed E-state index contributed by atoms with van der Waals surface area (Å²) in [6.45, 7) is 2.85. The number of hydrogen-bond donors (Lipinski definition) is 1. The summed E-state index contributed by atoms with van der Waals surface area (Å²) in [6, 6.07) is 7.86. The molecule has 1 fully saturated rings. The van der Waals surface area contributed by atoms with Crippen molar-refractivity contribution in [1.29, 1.82) is 0 Å². The summed E-state index contributed by atoms with van der Waals surface area (Å²) in [5.41, 5.74) is 1.99. The van der Waals surface area contributed by atoms with Gasteiger partial charge in [0, 0.05) is 18.1 Å². The SMILES string of the molecule is OCC#Cc1ccccc1COCC1CCOC1. The first-order valence-electron chi connectivity index (χ1n) is 6.23. The summed E-state index contributed by atoms with van der Waals surface area (Å²) < 4.78 is 11.0. The molecule has 0 amide bonds. The van der Waals surface area contributed by atoms with Crippen molar-refractivity contribution in [2.24, 2.45) is 5.92 Å². The van der Waals surface area contributed by atoms with Gasteiger partial charge in [0.1, 0.15) is 6.61 Å². The third-order valence-corrected chi connectivity index (χ3v) is 2.95. The molecule has 96 valence electrons. The highest BCUT2D eigenvalue weighted by Crippen LogP contribution is 2.14. The second-order valence-corrected chi connectivity index (χ2v) is 4.36. The van der Waals surface area contributed by atoms with E-state index in [9.17, 15) is 0 Å². The van der Waals surface area contributed by atoms with Gasteiger partial charge in [-0.2, -0.15) is 0 Å². The smallest absolute Gasteiger partial charge is 0.104 e. The molecular weight excluding hydrogens is 228 g/mol. The third-order valence-electron chi connectivity index (χ3n) is 2.95. The predicted octanol–water partition coefficient (Wildman–Crippen LogP) is 1.58. The van der Waals surface area contributed by atoms with Crippen LogP contribution in [-0.2, 0) is 16.1 Å². The molecule has 0 saturated carbocycles. The summed E-state index contributed by atoms with van der Waals surface area (Å²) in [7, 11) is 0. The van der Waals surface area contributed by atoms with Crippen molar-refractivity contribution in [3.63, 3.8) is 0 Å². The van der Waals surface area contributed by atoms with Crippen LogP contribution in [0.2, 0.25) is 0 Å². The Morgan fingerprint density at radius 3 is 3.06 bits per heavy atom. The number of hydrogen-bond acceptors (Lipinski definition) is 3. The molecule has 1 aliphatic rings. The Hall–Kier alpha value is -1.34. The Morgan fingerprint density at radius 2 is 2.28 bits per heavy atom. The normalized spacial score (nSPS) is 18.4. The van der Waals surface area contributed by atoms with E-state index in [4.69, 9.17) is 14.6 Å². The molecule has 1 atom stereocenters. The fourth-order valence-electron chi connectivity index (χ4n) is 1.95. The first kappa shape index (κ1) is 13.1. The van der Waals surface area contributed by atoms with Crippen LogP contribution in [0, 0.1) is 17.8 Å². The quantitative estimate of drug-likeness (QED) is 0.820. The van der Waals surface area contributed by atoms with E-state index in [2.05, 4.69) is 11.8 Å². The lowest BCUT2D eigenvalue weighted by molar-refractivity contribution is 0.0790. The molecule has 18 heavy (non-hydrogen) atoms. The lowest BCUT2D eigenvalue weighted by Crippen LogP contribution is -2.09. The van der Waals surface area contributed by atoms with E-state index >= 15 is 0 Å². The molecule has 0 aliphatic carbocycles. The van der Waals surface area contributed by atoms with Crippen molar-refractivity contribution in [1.82, 2.24) is 0 Å². The van der Waals surface area contributed by atoms with Crippen LogP contribution in [0.5, 0.6) is 0 Å². The minimum absolute atomic E-state index is 0.116. The maximum atomic E-state index is 8.72. The maximum Gasteiger partial charge on any atom is 0.104 e. The summed E-state index contributed by atoms with van der Waals surface area (Å²) >= 11 is 0. The van der Waals surface area contributed by atoms with Crippen LogP contribution < -0.4 is 0 Å². The van der Waals surface area contributed by atoms with Crippen LogP contribution in [-0.4, -0.2) is 31.5 Å². The molecule has 1 aromatic carbocycles. The predicted molar refractivity (Wildman–Crippen MR) is 69.0 cm³/mol. The Kier molecular flexibility index (Phi) is 5.22. The van der Waals surface area contributed by atoms with Gasteiger partial charge in [0.2, 0.25) is 0 Å². The molecule has 3 nitrogen and oxygen atoms in total. The highest BCUT2D eigenvalue weighted by molar-refractivity contribution is 5.40. The molecule has 1 aromatic rings. The van der Waals surface area contributed by atoms with Crippen LogP contribution >= 0.6 is 0 Å². The van der Waals surface area contributed by atoms with Gasteiger partial charge in [0.05, 0.1) is 19.8 Å². The van der Waals surface area contributed by atoms with E-state index in [0.717, 1.165) is 37.4 Å². The van der Waals surface area contributed by atoms with E-state index < -0.39 is 0 Å². The molecular formula is C15H18O3. The second-order valence-electron chi connectivity index (χ2n) is 4.36. The van der Waals surface area contributed by atoms with Crippen molar-refractivity contribution >= 4 is 0 Å². The Morgan fingerprint density at radius 1 is 1.39 bits per heavy atom. The fraction of sp³-hybridized carbons (Fsp3) is 0.467. The summed E-state index contributed by atoms with van der Waals surface area (Å²) in [6.07, 6.45) is 1.09. The summed E-state index contributed by atoms with van der Waals surface area (Å²) in [5, 5.41) is 8.72. The molecule has 1 saturated heterocycles. The fourth-order valence-corrected chi connectivity index (χ4v) is 1.95. The van der Waals surface area contributed by atoms with Crippen LogP contribution in [0.4, 0.5) is 0 Å². The van der Waals surface area contributed by atoms with Gasteiger partial charge in [-0.25, -0.2) is 0 Å². The molecule has 1 unspecified atom stereocenters. The molecule has 1 N–H and O–H groups in total. The van der Waals surface area contributed by atoms with Crippen molar-refractivity contribution in [2.45, 2.75) is 13.0 Å². The van der Waals surface area contributed by atoms with Crippen molar-refractivity contribution in [2.75, 3.05) is 26.4 Å². The van der Waals surface area contributed by atoms with Gasteiger partial charge in [0.15, 0.2) is 0 Å². The number of aliphatic hydroxyl groups is 1. The maximum absolute atomic E-state index is 8.72. The van der Waals surface area contributed by atoms with Crippen molar-refractivity contribution in [3.05, 3.63) is 35.4 Å². The van der Waals surface area contributed by atoms with Gasteiger partial charge in [0.25, 0.3) is 0 Å². The first-order valence-corrected chi connectivity index (χ1v) is 6.23. The third kappa shape index (κ3) is 3.85. The number of aliphatic hydroxyl groups excluding tert-OH is 1. The van der Waals surface area contributed by atoms with E-state index in [1.807, 2.05) is 24.3 Å². The van der Waals surface area contributed by atoms with E-state index in [1.165, 1.54) is 0 Å². The zero-order valence-electron chi connectivity index (χ0n) is 10.4. The summed E-state index contributed by atoms with van der Waals surface area (Å²) in [5.74, 6) is 6.13. The highest BCUT2D eigenvalue weighted by Gasteiger charge is 2.15. The van der Waals surface area contributed by atoms with E-state index in [0.29, 0.717) is 12.5 Å². The van der Waals surface area contributed by atoms with Gasteiger partial charge in [-0.15, -0.1) is 0 Å². The molecule has 1 aliphatic heterocycles. The van der Waals surface area contributed by atoms with Gasteiger partial charge >= 0.3 is 0 Å². The van der Waals surface area contributed by atoms with Crippen molar-refractivity contribution in [3.8, 4) is 11.8 Å². The van der Waals surface area contributed by atoms with Crippen LogP contribution in [0.3, 0.4) is 0 Å². The zero-order chi connectivity index (χ0) is 12.6. The lowest BCUT2D eigenvalue weighted by atomic mass is 10.1. The van der Waals surface area contributed by atoms with Crippen LogP contribution in [0.1, 0.15) is 17.5 Å². The standard InChI is InChI=1S/C15H18O3/c16-8-3-6-14-4-1-2-5-15(14)12-18-11-13-7-9-17-10-13/h1-2,4-5,13,16H,7-12H2. The Balaban J connectivity index is 1.87. The molecule has 0 aromatic heterocycles. The minimum Gasteiger partial charge on any atom is -0.384 e. The first-order chi connectivity index (χ1) is 8.90. The highest BCUT2D eigenvalue weighted by atomic mass is 16.5. The Labute approximate surface area is 108 Å². The molecule has 0 bridgehead atoms. The van der Waals surface area contributed by atoms with Crippen molar-refractivity contribution < 1.29 is 14.6 Å². The van der Waals surface area contributed by atoms with Crippen LogP contribution in [0.25, 0.3) is 0 Å². The largest absolute Gasteiger partial charge is 0.384 e. The van der Waals surface area contributed by atoms with Gasteiger partial charge in [-0.1, -0.05) is 30.0 Å². The molecule has 0 radical (unpaired) electrons. The van der Waals surface area contributed by atoms with Gasteiger partial charge in [-0.05, 0) is 18.1 Å². The monoisotopic (exact) mass is 246 g/mol. The minimum atomic E-state index is -0.116. The van der Waals surface area contributed by atoms with E-state index in [-0.39, 0.29) is 6.61 Å². The van der Waals surface area contributed by atoms with Crippen LogP contribution in [0.15, 0.2) is 24.3 Å². The topological polar surface area (TPSA) is 38.7 Å². The van der Waals surface area contributed by atoms with Gasteiger partial charge in [-0.3, -0.25) is 0 Å². The summed E-state index contributed by atoms with van der Waals surface area (Å²) in [4.78, 5) is 0. The molecule has 1 heterocycles. The molecule has 2 rings (SSSR count). The molecule has 3 heteroatoms. The average Bonchev–Trinajstić information content (AvgIpc) is 2.91.